The minimum absolute atomic E-state index is 0.211. The molecule has 2 heterocycles. The van der Waals surface area contributed by atoms with E-state index in [0.29, 0.717) is 24.6 Å². The first-order valence-electron chi connectivity index (χ1n) is 5.85. The Balaban J connectivity index is 1.85. The molecule has 0 spiro atoms. The van der Waals surface area contributed by atoms with Crippen LogP contribution in [0.4, 0.5) is 8.78 Å². The third kappa shape index (κ3) is 2.47. The Morgan fingerprint density at radius 2 is 2.16 bits per heavy atom. The van der Waals surface area contributed by atoms with Crippen molar-refractivity contribution in [3.8, 4) is 11.4 Å². The fourth-order valence-corrected chi connectivity index (χ4v) is 1.84. The summed E-state index contributed by atoms with van der Waals surface area (Å²) < 4.78 is 36.5. The number of nitrogens with one attached hydrogen (secondary N) is 1. The first kappa shape index (κ1) is 12.2. The summed E-state index contributed by atoms with van der Waals surface area (Å²) in [5, 5.41) is 6.89. The van der Waals surface area contributed by atoms with Gasteiger partial charge in [0.25, 0.3) is 5.89 Å². The van der Waals surface area contributed by atoms with Crippen molar-refractivity contribution in [3.05, 3.63) is 35.7 Å². The van der Waals surface area contributed by atoms with E-state index in [1.54, 1.807) is 0 Å². The summed E-state index contributed by atoms with van der Waals surface area (Å²) in [6.07, 6.45) is -0.305. The van der Waals surface area contributed by atoms with Crippen molar-refractivity contribution in [2.24, 2.45) is 0 Å². The maximum Gasteiger partial charge on any atom is 0.257 e. The molecule has 1 aromatic carbocycles. The van der Waals surface area contributed by atoms with Gasteiger partial charge in [0.2, 0.25) is 5.82 Å². The molecule has 0 amide bonds. The molecule has 7 heteroatoms. The lowest BCUT2D eigenvalue weighted by atomic mass is 10.2. The first-order valence-corrected chi connectivity index (χ1v) is 5.85. The number of morpholine rings is 1. The van der Waals surface area contributed by atoms with E-state index in [2.05, 4.69) is 15.5 Å². The summed E-state index contributed by atoms with van der Waals surface area (Å²) in [5.74, 6) is -1.32. The fourth-order valence-electron chi connectivity index (χ4n) is 1.84. The van der Waals surface area contributed by atoms with Crippen LogP contribution in [0.3, 0.4) is 0 Å². The normalized spacial score (nSPS) is 19.6. The lowest BCUT2D eigenvalue weighted by molar-refractivity contribution is 0.00755. The van der Waals surface area contributed by atoms with Gasteiger partial charge in [0.1, 0.15) is 6.10 Å². The van der Waals surface area contributed by atoms with E-state index in [1.165, 1.54) is 6.07 Å². The second-order valence-corrected chi connectivity index (χ2v) is 4.15. The Hall–Kier alpha value is -1.86. The van der Waals surface area contributed by atoms with Gasteiger partial charge < -0.3 is 14.6 Å². The van der Waals surface area contributed by atoms with Gasteiger partial charge in [-0.25, -0.2) is 8.78 Å². The summed E-state index contributed by atoms with van der Waals surface area (Å²) in [4.78, 5) is 4.14. The molecule has 1 aliphatic rings. The molecule has 2 aromatic rings. The standard InChI is InChI=1S/C12H11F2N3O2/c13-8-2-1-7(5-9(8)14)11-16-12(19-17-11)10-6-15-3-4-18-10/h1-2,5,10,15H,3-4,6H2. The summed E-state index contributed by atoms with van der Waals surface area (Å²) in [7, 11) is 0. The maximum atomic E-state index is 13.1. The van der Waals surface area contributed by atoms with Gasteiger partial charge in [0.15, 0.2) is 11.6 Å². The van der Waals surface area contributed by atoms with Gasteiger partial charge in [0.05, 0.1) is 6.61 Å². The minimum Gasteiger partial charge on any atom is -0.366 e. The highest BCUT2D eigenvalue weighted by molar-refractivity contribution is 5.54. The minimum atomic E-state index is -0.945. The summed E-state index contributed by atoms with van der Waals surface area (Å²) in [5.41, 5.74) is 0.359. The second-order valence-electron chi connectivity index (χ2n) is 4.15. The Labute approximate surface area is 107 Å². The van der Waals surface area contributed by atoms with Crippen LogP contribution in [0.15, 0.2) is 22.7 Å². The zero-order valence-corrected chi connectivity index (χ0v) is 9.90. The van der Waals surface area contributed by atoms with E-state index in [9.17, 15) is 8.78 Å². The summed E-state index contributed by atoms with van der Waals surface area (Å²) >= 11 is 0. The molecule has 1 N–H and O–H groups in total. The van der Waals surface area contributed by atoms with Crippen molar-refractivity contribution in [1.29, 1.82) is 0 Å². The van der Waals surface area contributed by atoms with Crippen LogP contribution >= 0.6 is 0 Å². The van der Waals surface area contributed by atoms with Crippen molar-refractivity contribution in [2.75, 3.05) is 19.7 Å². The molecule has 0 bridgehead atoms. The topological polar surface area (TPSA) is 60.2 Å². The molecule has 1 atom stereocenters. The van der Waals surface area contributed by atoms with Crippen LogP contribution in [0.5, 0.6) is 0 Å². The molecule has 1 aliphatic heterocycles. The molecule has 100 valence electrons. The van der Waals surface area contributed by atoms with E-state index in [-0.39, 0.29) is 11.9 Å². The van der Waals surface area contributed by atoms with E-state index < -0.39 is 11.6 Å². The third-order valence-corrected chi connectivity index (χ3v) is 2.82. The van der Waals surface area contributed by atoms with Crippen molar-refractivity contribution in [1.82, 2.24) is 15.5 Å². The van der Waals surface area contributed by atoms with Crippen LogP contribution in [-0.2, 0) is 4.74 Å². The molecule has 3 rings (SSSR count). The van der Waals surface area contributed by atoms with Gasteiger partial charge in [-0.1, -0.05) is 5.16 Å². The summed E-state index contributed by atoms with van der Waals surface area (Å²) in [6.45, 7) is 1.92. The van der Waals surface area contributed by atoms with E-state index >= 15 is 0 Å². The SMILES string of the molecule is Fc1ccc(-c2noc(C3CNCCO3)n2)cc1F. The average Bonchev–Trinajstić information content (AvgIpc) is 2.93. The van der Waals surface area contributed by atoms with Crippen LogP contribution < -0.4 is 5.32 Å². The predicted octanol–water partition coefficient (Wildman–Crippen LogP) is 1.68. The summed E-state index contributed by atoms with van der Waals surface area (Å²) in [6, 6.07) is 3.45. The van der Waals surface area contributed by atoms with Gasteiger partial charge in [-0.3, -0.25) is 0 Å². The Kier molecular flexibility index (Phi) is 3.22. The highest BCUT2D eigenvalue weighted by Gasteiger charge is 2.22. The smallest absolute Gasteiger partial charge is 0.257 e. The van der Waals surface area contributed by atoms with Crippen LogP contribution in [0.1, 0.15) is 12.0 Å². The van der Waals surface area contributed by atoms with Crippen LogP contribution in [0.2, 0.25) is 0 Å². The molecule has 5 nitrogen and oxygen atoms in total. The quantitative estimate of drug-likeness (QED) is 0.897. The average molecular weight is 267 g/mol. The van der Waals surface area contributed by atoms with Crippen LogP contribution in [-0.4, -0.2) is 29.8 Å². The Bertz CT molecular complexity index is 582. The number of hydrogen-bond acceptors (Lipinski definition) is 5. The van der Waals surface area contributed by atoms with Crippen LogP contribution in [0, 0.1) is 11.6 Å². The number of halogens is 2. The van der Waals surface area contributed by atoms with Crippen molar-refractivity contribution in [3.63, 3.8) is 0 Å². The lowest BCUT2D eigenvalue weighted by Crippen LogP contribution is -2.33. The Morgan fingerprint density at radius 1 is 1.26 bits per heavy atom. The highest BCUT2D eigenvalue weighted by Crippen LogP contribution is 2.22. The molecule has 1 aromatic heterocycles. The van der Waals surface area contributed by atoms with Crippen molar-refractivity contribution in [2.45, 2.75) is 6.10 Å². The van der Waals surface area contributed by atoms with Crippen molar-refractivity contribution < 1.29 is 18.0 Å². The molecule has 1 unspecified atom stereocenters. The van der Waals surface area contributed by atoms with Gasteiger partial charge in [-0.2, -0.15) is 4.98 Å². The molecular weight excluding hydrogens is 256 g/mol. The molecule has 0 saturated carbocycles. The number of benzene rings is 1. The lowest BCUT2D eigenvalue weighted by Gasteiger charge is -2.19. The highest BCUT2D eigenvalue weighted by atomic mass is 19.2. The zero-order valence-electron chi connectivity index (χ0n) is 9.90. The van der Waals surface area contributed by atoms with E-state index in [0.717, 1.165) is 18.7 Å². The van der Waals surface area contributed by atoms with Gasteiger partial charge in [0, 0.05) is 18.7 Å². The molecule has 19 heavy (non-hydrogen) atoms. The van der Waals surface area contributed by atoms with E-state index in [1.807, 2.05) is 0 Å². The number of ether oxygens (including phenoxy) is 1. The molecular formula is C12H11F2N3O2. The fraction of sp³-hybridized carbons (Fsp3) is 0.333. The Morgan fingerprint density at radius 3 is 2.89 bits per heavy atom. The largest absolute Gasteiger partial charge is 0.366 e. The van der Waals surface area contributed by atoms with Gasteiger partial charge in [-0.05, 0) is 18.2 Å². The third-order valence-electron chi connectivity index (χ3n) is 2.82. The molecule has 1 fully saturated rings. The number of aromatic nitrogens is 2. The number of rotatable bonds is 2. The van der Waals surface area contributed by atoms with Gasteiger partial charge >= 0.3 is 0 Å². The monoisotopic (exact) mass is 267 g/mol. The van der Waals surface area contributed by atoms with E-state index in [4.69, 9.17) is 9.26 Å². The van der Waals surface area contributed by atoms with Crippen LogP contribution in [0.25, 0.3) is 11.4 Å². The molecule has 0 aliphatic carbocycles. The molecule has 1 saturated heterocycles. The van der Waals surface area contributed by atoms with Gasteiger partial charge in [-0.15, -0.1) is 0 Å². The first-order chi connectivity index (χ1) is 9.24. The second kappa shape index (κ2) is 5.02. The predicted molar refractivity (Wildman–Crippen MR) is 61.2 cm³/mol. The number of nitrogens with zero attached hydrogens (tertiary/aromatic N) is 2. The maximum absolute atomic E-state index is 13.1. The van der Waals surface area contributed by atoms with Crippen molar-refractivity contribution >= 4 is 0 Å². The number of hydrogen-bond donors (Lipinski definition) is 1. The zero-order chi connectivity index (χ0) is 13.2. The molecule has 0 radical (unpaired) electrons.